The van der Waals surface area contributed by atoms with E-state index >= 15 is 0 Å². The topological polar surface area (TPSA) is 55.1 Å². The number of hydrogen-bond donors (Lipinski definition) is 2. The number of anilines is 1. The molecule has 0 bridgehead atoms. The molecule has 1 aliphatic carbocycles. The molecule has 0 aromatic heterocycles. The van der Waals surface area contributed by atoms with Gasteiger partial charge in [0.15, 0.2) is 0 Å². The molecule has 0 aliphatic heterocycles. The summed E-state index contributed by atoms with van der Waals surface area (Å²) in [4.78, 5) is 12.4. The molecule has 0 radical (unpaired) electrons. The van der Waals surface area contributed by atoms with Crippen LogP contribution in [0.15, 0.2) is 22.7 Å². The van der Waals surface area contributed by atoms with Gasteiger partial charge in [0.05, 0.1) is 5.56 Å². The fourth-order valence-electron chi connectivity index (χ4n) is 2.85. The van der Waals surface area contributed by atoms with Gasteiger partial charge in [-0.3, -0.25) is 4.79 Å². The Balaban J connectivity index is 2.09. The van der Waals surface area contributed by atoms with E-state index in [0.29, 0.717) is 23.2 Å². The van der Waals surface area contributed by atoms with Crippen LogP contribution in [-0.4, -0.2) is 11.9 Å². The van der Waals surface area contributed by atoms with Gasteiger partial charge in [0.1, 0.15) is 0 Å². The maximum absolute atomic E-state index is 12.4. The van der Waals surface area contributed by atoms with Crippen LogP contribution in [0.25, 0.3) is 0 Å². The number of amides is 1. The van der Waals surface area contributed by atoms with Crippen LogP contribution in [0.2, 0.25) is 0 Å². The van der Waals surface area contributed by atoms with Crippen LogP contribution in [0.3, 0.4) is 0 Å². The van der Waals surface area contributed by atoms with E-state index in [1.54, 1.807) is 12.1 Å². The summed E-state index contributed by atoms with van der Waals surface area (Å²) < 4.78 is 0.794. The predicted molar refractivity (Wildman–Crippen MR) is 82.1 cm³/mol. The van der Waals surface area contributed by atoms with Crippen molar-refractivity contribution in [2.75, 3.05) is 5.73 Å². The first-order valence-corrected chi connectivity index (χ1v) is 7.77. The molecule has 1 aromatic carbocycles. The second kappa shape index (κ2) is 6.42. The van der Waals surface area contributed by atoms with Crippen LogP contribution < -0.4 is 11.1 Å². The molecule has 1 aliphatic rings. The van der Waals surface area contributed by atoms with Crippen LogP contribution in [-0.2, 0) is 0 Å². The van der Waals surface area contributed by atoms with Crippen molar-refractivity contribution >= 4 is 27.5 Å². The SMILES string of the molecule is CCC1CCCCC1NC(=O)c1cc(N)ccc1Br. The number of halogens is 1. The van der Waals surface area contributed by atoms with E-state index < -0.39 is 0 Å². The van der Waals surface area contributed by atoms with Crippen LogP contribution in [0.4, 0.5) is 5.69 Å². The highest BCUT2D eigenvalue weighted by atomic mass is 79.9. The van der Waals surface area contributed by atoms with Gasteiger partial charge in [0, 0.05) is 16.2 Å². The fourth-order valence-corrected chi connectivity index (χ4v) is 3.28. The molecule has 0 saturated heterocycles. The normalized spacial score (nSPS) is 23.1. The zero-order valence-electron chi connectivity index (χ0n) is 11.3. The maximum atomic E-state index is 12.4. The Morgan fingerprint density at radius 3 is 2.89 bits per heavy atom. The van der Waals surface area contributed by atoms with Crippen molar-refractivity contribution in [1.29, 1.82) is 0 Å². The molecule has 1 fully saturated rings. The van der Waals surface area contributed by atoms with Crippen molar-refractivity contribution in [3.8, 4) is 0 Å². The number of nitrogen functional groups attached to an aromatic ring is 1. The Bertz CT molecular complexity index is 461. The minimum absolute atomic E-state index is 0.0236. The zero-order valence-corrected chi connectivity index (χ0v) is 12.9. The minimum atomic E-state index is -0.0236. The average Bonchev–Trinajstić information content (AvgIpc) is 2.42. The number of rotatable bonds is 3. The van der Waals surface area contributed by atoms with Gasteiger partial charge in [-0.2, -0.15) is 0 Å². The summed E-state index contributed by atoms with van der Waals surface area (Å²) in [5, 5.41) is 3.18. The quantitative estimate of drug-likeness (QED) is 0.832. The van der Waals surface area contributed by atoms with E-state index in [-0.39, 0.29) is 5.91 Å². The van der Waals surface area contributed by atoms with Crippen molar-refractivity contribution in [3.05, 3.63) is 28.2 Å². The molecule has 19 heavy (non-hydrogen) atoms. The number of carbonyl (C=O) groups is 1. The summed E-state index contributed by atoms with van der Waals surface area (Å²) in [5.41, 5.74) is 6.99. The lowest BCUT2D eigenvalue weighted by atomic mass is 9.83. The van der Waals surface area contributed by atoms with E-state index in [1.807, 2.05) is 6.07 Å². The Morgan fingerprint density at radius 1 is 1.42 bits per heavy atom. The van der Waals surface area contributed by atoms with Gasteiger partial charge in [-0.25, -0.2) is 0 Å². The van der Waals surface area contributed by atoms with Gasteiger partial charge < -0.3 is 11.1 Å². The van der Waals surface area contributed by atoms with Crippen LogP contribution in [0, 0.1) is 5.92 Å². The molecule has 2 atom stereocenters. The smallest absolute Gasteiger partial charge is 0.252 e. The lowest BCUT2D eigenvalue weighted by molar-refractivity contribution is 0.0904. The number of nitrogens with two attached hydrogens (primary N) is 1. The average molecular weight is 325 g/mol. The highest BCUT2D eigenvalue weighted by molar-refractivity contribution is 9.10. The molecule has 3 nitrogen and oxygen atoms in total. The maximum Gasteiger partial charge on any atom is 0.252 e. The van der Waals surface area contributed by atoms with Crippen molar-refractivity contribution in [1.82, 2.24) is 5.32 Å². The van der Waals surface area contributed by atoms with Gasteiger partial charge >= 0.3 is 0 Å². The Hall–Kier alpha value is -1.03. The number of hydrogen-bond acceptors (Lipinski definition) is 2. The summed E-state index contributed by atoms with van der Waals surface area (Å²) in [7, 11) is 0. The first-order valence-electron chi connectivity index (χ1n) is 6.97. The van der Waals surface area contributed by atoms with E-state index in [0.717, 1.165) is 17.3 Å². The summed E-state index contributed by atoms with van der Waals surface area (Å²) in [6.07, 6.45) is 5.93. The van der Waals surface area contributed by atoms with Crippen LogP contribution >= 0.6 is 15.9 Å². The summed E-state index contributed by atoms with van der Waals surface area (Å²) in [5.74, 6) is 0.585. The highest BCUT2D eigenvalue weighted by Crippen LogP contribution is 2.27. The molecule has 3 N–H and O–H groups in total. The standard InChI is InChI=1S/C15H21BrN2O/c1-2-10-5-3-4-6-14(10)18-15(19)12-9-11(17)7-8-13(12)16/h7-10,14H,2-6,17H2,1H3,(H,18,19). The molecule has 1 aromatic rings. The van der Waals surface area contributed by atoms with Gasteiger partial charge in [0.2, 0.25) is 0 Å². The zero-order chi connectivity index (χ0) is 13.8. The summed E-state index contributed by atoms with van der Waals surface area (Å²) >= 11 is 3.41. The number of nitrogens with one attached hydrogen (secondary N) is 1. The molecule has 0 spiro atoms. The molecular weight excluding hydrogens is 304 g/mol. The second-order valence-corrected chi connectivity index (χ2v) is 6.13. The van der Waals surface area contributed by atoms with Gasteiger partial charge in [-0.1, -0.05) is 26.2 Å². The molecule has 104 valence electrons. The lowest BCUT2D eigenvalue weighted by Crippen LogP contribution is -2.42. The van der Waals surface area contributed by atoms with E-state index in [9.17, 15) is 4.79 Å². The Morgan fingerprint density at radius 2 is 2.16 bits per heavy atom. The molecule has 0 heterocycles. The van der Waals surface area contributed by atoms with Crippen molar-refractivity contribution in [2.45, 2.75) is 45.1 Å². The van der Waals surface area contributed by atoms with Gasteiger partial charge in [-0.15, -0.1) is 0 Å². The van der Waals surface area contributed by atoms with Crippen molar-refractivity contribution in [3.63, 3.8) is 0 Å². The molecular formula is C15H21BrN2O. The minimum Gasteiger partial charge on any atom is -0.399 e. The Kier molecular flexibility index (Phi) is 4.86. The lowest BCUT2D eigenvalue weighted by Gasteiger charge is -2.31. The summed E-state index contributed by atoms with van der Waals surface area (Å²) in [6.45, 7) is 2.20. The molecule has 1 amide bonds. The van der Waals surface area contributed by atoms with Crippen LogP contribution in [0.5, 0.6) is 0 Å². The van der Waals surface area contributed by atoms with E-state index in [2.05, 4.69) is 28.2 Å². The third-order valence-electron chi connectivity index (χ3n) is 3.98. The fraction of sp³-hybridized carbons (Fsp3) is 0.533. The van der Waals surface area contributed by atoms with Crippen molar-refractivity contribution in [2.24, 2.45) is 5.92 Å². The number of carbonyl (C=O) groups excluding carboxylic acids is 1. The third kappa shape index (κ3) is 3.50. The molecule has 2 rings (SSSR count). The first-order chi connectivity index (χ1) is 9.11. The second-order valence-electron chi connectivity index (χ2n) is 5.27. The monoisotopic (exact) mass is 324 g/mol. The largest absolute Gasteiger partial charge is 0.399 e. The molecule has 4 heteroatoms. The van der Waals surface area contributed by atoms with E-state index in [1.165, 1.54) is 19.3 Å². The first kappa shape index (κ1) is 14.4. The molecule has 1 saturated carbocycles. The highest BCUT2D eigenvalue weighted by Gasteiger charge is 2.25. The molecule has 2 unspecified atom stereocenters. The third-order valence-corrected chi connectivity index (χ3v) is 4.68. The van der Waals surface area contributed by atoms with Crippen molar-refractivity contribution < 1.29 is 4.79 Å². The number of benzene rings is 1. The summed E-state index contributed by atoms with van der Waals surface area (Å²) in [6, 6.07) is 5.64. The van der Waals surface area contributed by atoms with Gasteiger partial charge in [-0.05, 0) is 52.9 Å². The van der Waals surface area contributed by atoms with Crippen LogP contribution in [0.1, 0.15) is 49.4 Å². The predicted octanol–water partition coefficient (Wildman–Crippen LogP) is 3.73. The van der Waals surface area contributed by atoms with E-state index in [4.69, 9.17) is 5.73 Å². The Labute approximate surface area is 123 Å². The van der Waals surface area contributed by atoms with Gasteiger partial charge in [0.25, 0.3) is 5.91 Å².